The Hall–Kier alpha value is -6.55. The largest absolute Gasteiger partial charge is 0.322 e. The number of nitrogens with zero attached hydrogens (tertiary/aromatic N) is 6. The minimum Gasteiger partial charge on any atom is -0.317 e. The number of carbonyl (C=O) groups is 3. The van der Waals surface area contributed by atoms with Gasteiger partial charge in [0.1, 0.15) is 11.6 Å². The van der Waals surface area contributed by atoms with Gasteiger partial charge >= 0.3 is 18.1 Å². The first-order valence-corrected chi connectivity index (χ1v) is 32.3. The topological polar surface area (TPSA) is 107 Å². The third kappa shape index (κ3) is 22.2. The van der Waals surface area contributed by atoms with Crippen LogP contribution in [0.2, 0.25) is 10.0 Å². The van der Waals surface area contributed by atoms with Crippen LogP contribution >= 0.6 is 23.2 Å². The van der Waals surface area contributed by atoms with E-state index in [-0.39, 0.29) is 47.9 Å². The van der Waals surface area contributed by atoms with Gasteiger partial charge < -0.3 is 45.3 Å². The van der Waals surface area contributed by atoms with Crippen LogP contribution in [0.15, 0.2) is 140 Å². The van der Waals surface area contributed by atoms with Gasteiger partial charge in [-0.3, -0.25) is 0 Å². The van der Waals surface area contributed by atoms with E-state index < -0.39 is 0 Å². The Morgan fingerprint density at radius 1 is 0.448 bits per heavy atom. The van der Waals surface area contributed by atoms with Crippen LogP contribution in [-0.4, -0.2) is 125 Å². The Morgan fingerprint density at radius 3 is 1.31 bits per heavy atom. The third-order valence-corrected chi connectivity index (χ3v) is 17.4. The highest BCUT2D eigenvalue weighted by molar-refractivity contribution is 6.42. The van der Waals surface area contributed by atoms with Crippen molar-refractivity contribution in [2.24, 2.45) is 0 Å². The Bertz CT molecular complexity index is 2910. The van der Waals surface area contributed by atoms with Gasteiger partial charge in [-0.15, -0.1) is 0 Å². The number of piperidine rings is 3. The predicted molar refractivity (Wildman–Crippen MR) is 355 cm³/mol. The molecular weight excluding hydrogens is 1140 g/mol. The van der Waals surface area contributed by atoms with Gasteiger partial charge in [-0.1, -0.05) is 136 Å². The first-order chi connectivity index (χ1) is 42.1. The van der Waals surface area contributed by atoms with Crippen molar-refractivity contribution in [3.8, 4) is 0 Å². The molecule has 0 atom stereocenters. The fraction of sp³-hybridized carbons (Fsp3) is 0.451. The second-order valence-corrected chi connectivity index (χ2v) is 24.5. The highest BCUT2D eigenvalue weighted by Crippen LogP contribution is 2.28. The summed E-state index contributed by atoms with van der Waals surface area (Å²) in [5.74, 6) is -0.514. The summed E-state index contributed by atoms with van der Waals surface area (Å²) in [4.78, 5) is 52.9. The lowest BCUT2D eigenvalue weighted by Crippen LogP contribution is -2.48. The number of hydrogen-bond acceptors (Lipinski definition) is 6. The highest BCUT2D eigenvalue weighted by atomic mass is 35.5. The van der Waals surface area contributed by atoms with Gasteiger partial charge in [0, 0.05) is 94.1 Å². The van der Waals surface area contributed by atoms with Crippen molar-refractivity contribution < 1.29 is 23.2 Å². The van der Waals surface area contributed by atoms with Gasteiger partial charge in [0.05, 0.1) is 10.0 Å². The second-order valence-electron chi connectivity index (χ2n) is 23.7. The molecule has 87 heavy (non-hydrogen) atoms. The minimum atomic E-state index is -0.261. The number of benzene rings is 6. The Kier molecular flexibility index (Phi) is 27.7. The number of anilines is 3. The fourth-order valence-corrected chi connectivity index (χ4v) is 12.1. The number of carbonyl (C=O) groups excluding carboxylic acids is 3. The molecule has 3 fully saturated rings. The Balaban J connectivity index is 0.000000186. The van der Waals surface area contributed by atoms with Crippen LogP contribution in [0.4, 0.5) is 40.2 Å². The van der Waals surface area contributed by atoms with Crippen LogP contribution in [-0.2, 0) is 19.6 Å². The van der Waals surface area contributed by atoms with Gasteiger partial charge in [-0.05, 0) is 192 Å². The molecule has 0 aromatic heterocycles. The van der Waals surface area contributed by atoms with Gasteiger partial charge in [-0.2, -0.15) is 0 Å². The van der Waals surface area contributed by atoms with E-state index in [1.54, 1.807) is 37.3 Å². The third-order valence-electron chi connectivity index (χ3n) is 16.7. The number of amides is 6. The van der Waals surface area contributed by atoms with Crippen LogP contribution in [0, 0.1) is 32.4 Å². The molecule has 0 unspecified atom stereocenters. The summed E-state index contributed by atoms with van der Waals surface area (Å²) in [6.45, 7) is 23.3. The Morgan fingerprint density at radius 2 is 0.885 bits per heavy atom. The molecule has 0 bridgehead atoms. The summed E-state index contributed by atoms with van der Waals surface area (Å²) >= 11 is 12.1. The van der Waals surface area contributed by atoms with Gasteiger partial charge in [0.15, 0.2) is 0 Å². The van der Waals surface area contributed by atoms with Crippen molar-refractivity contribution in [2.45, 2.75) is 150 Å². The lowest BCUT2D eigenvalue weighted by Gasteiger charge is -2.38. The van der Waals surface area contributed by atoms with Gasteiger partial charge in [0.25, 0.3) is 0 Å². The van der Waals surface area contributed by atoms with Gasteiger partial charge in [-0.25, -0.2) is 23.2 Å². The summed E-state index contributed by atoms with van der Waals surface area (Å²) in [5.41, 5.74) is 7.66. The molecule has 3 saturated heterocycles. The molecule has 12 nitrogen and oxygen atoms in total. The normalized spacial score (nSPS) is 15.3. The van der Waals surface area contributed by atoms with Crippen molar-refractivity contribution in [2.75, 3.05) is 74.9 Å². The zero-order valence-electron chi connectivity index (χ0n) is 52.2. The van der Waals surface area contributed by atoms with Crippen LogP contribution in [0.25, 0.3) is 0 Å². The summed E-state index contributed by atoms with van der Waals surface area (Å²) in [5, 5.41) is 9.94. The first kappa shape index (κ1) is 67.9. The quantitative estimate of drug-likeness (QED) is 0.0703. The predicted octanol–water partition coefficient (Wildman–Crippen LogP) is 17.1. The average molecular weight is 1230 g/mol. The summed E-state index contributed by atoms with van der Waals surface area (Å²) in [7, 11) is 0. The monoisotopic (exact) mass is 1230 g/mol. The molecule has 0 spiro atoms. The number of unbranched alkanes of at least 4 members (excludes halogenated alkanes) is 2. The van der Waals surface area contributed by atoms with E-state index in [1.807, 2.05) is 95.3 Å². The van der Waals surface area contributed by atoms with Crippen LogP contribution in [0.3, 0.4) is 0 Å². The Labute approximate surface area is 527 Å². The number of urea groups is 3. The van der Waals surface area contributed by atoms with Crippen molar-refractivity contribution in [1.82, 2.24) is 29.4 Å². The average Bonchev–Trinajstić information content (AvgIpc) is 3.49. The van der Waals surface area contributed by atoms with Crippen molar-refractivity contribution in [3.63, 3.8) is 0 Å². The molecule has 0 radical (unpaired) electrons. The van der Waals surface area contributed by atoms with Gasteiger partial charge in [0.2, 0.25) is 0 Å². The van der Waals surface area contributed by atoms with E-state index in [1.165, 1.54) is 43.9 Å². The second kappa shape index (κ2) is 35.4. The zero-order valence-corrected chi connectivity index (χ0v) is 53.7. The van der Waals surface area contributed by atoms with Crippen molar-refractivity contribution >= 4 is 58.4 Å². The molecule has 6 aromatic rings. The molecule has 3 aliphatic rings. The summed E-state index contributed by atoms with van der Waals surface area (Å²) in [6.07, 6.45) is 11.8. The molecule has 0 saturated carbocycles. The number of nitrogens with one attached hydrogen (secondary N) is 3. The minimum absolute atomic E-state index is 0.0979. The lowest BCUT2D eigenvalue weighted by atomic mass is 10.0. The van der Waals surface area contributed by atoms with E-state index in [2.05, 4.69) is 75.7 Å². The van der Waals surface area contributed by atoms with E-state index in [0.29, 0.717) is 46.6 Å². The van der Waals surface area contributed by atoms with Crippen LogP contribution in [0.5, 0.6) is 0 Å². The van der Waals surface area contributed by atoms with E-state index in [4.69, 9.17) is 23.2 Å². The molecule has 6 aromatic carbocycles. The summed E-state index contributed by atoms with van der Waals surface area (Å²) < 4.78 is 27.5. The molecule has 16 heteroatoms. The molecule has 0 aliphatic carbocycles. The smallest absolute Gasteiger partial charge is 0.317 e. The van der Waals surface area contributed by atoms with Crippen LogP contribution < -0.4 is 16.0 Å². The summed E-state index contributed by atoms with van der Waals surface area (Å²) in [6, 6.07) is 43.2. The zero-order chi connectivity index (χ0) is 62.1. The molecule has 3 N–H and O–H groups in total. The molecule has 468 valence electrons. The molecule has 3 aliphatic heterocycles. The molecular formula is C71H93Cl2F2N9O3. The highest BCUT2D eigenvalue weighted by Gasteiger charge is 2.31. The fourth-order valence-electron chi connectivity index (χ4n) is 11.8. The SMILES string of the molecule is CCCCN1CCC(N(Cc2ccccc2)C(=O)Nc2ccc(Cl)c(Cl)c2)CC1.CCCCN1CCC(N(Cc2ccccc2)C(=O)Nc2ccc(F)c(C)c2)CC1.CCCN1CCC(N(Cc2cc(C)cc(F)c2)C(=O)Nc2cccc(C)c2)CC1. The number of likely N-dealkylation sites (tertiary alicyclic amines) is 3. The maximum absolute atomic E-state index is 13.9. The van der Waals surface area contributed by atoms with Crippen molar-refractivity contribution in [1.29, 1.82) is 0 Å². The van der Waals surface area contributed by atoms with Crippen LogP contribution in [0.1, 0.15) is 125 Å². The molecule has 3 heterocycles. The number of aryl methyl sites for hydroxylation is 3. The first-order valence-electron chi connectivity index (χ1n) is 31.6. The van der Waals surface area contributed by atoms with E-state index in [0.717, 1.165) is 137 Å². The van der Waals surface area contributed by atoms with E-state index in [9.17, 15) is 23.2 Å². The number of hydrogen-bond donors (Lipinski definition) is 3. The maximum atomic E-state index is 13.9. The molecule has 6 amide bonds. The van der Waals surface area contributed by atoms with Crippen molar-refractivity contribution in [3.05, 3.63) is 195 Å². The molecule has 9 rings (SSSR count). The van der Waals surface area contributed by atoms with E-state index >= 15 is 0 Å². The lowest BCUT2D eigenvalue weighted by molar-refractivity contribution is 0.122. The number of rotatable bonds is 20. The maximum Gasteiger partial charge on any atom is 0.322 e. The number of halogens is 4. The standard InChI is InChI=1S/2C24H32FN3O.C23H29Cl2N3O/c1-4-10-27-11-8-23(9-12-27)28(17-20-13-19(3)14-21(25)16-20)24(29)26-22-7-5-6-18(2)15-22;1-3-4-14-27-15-12-22(13-16-27)28(18-20-8-6-5-7-9-20)24(29)26-21-10-11-23(25)19(2)17-21;1-2-3-13-27-14-11-20(12-15-27)28(17-18-7-5-4-6-8-18)23(29)26-19-9-10-21(24)22(25)16-19/h5-7,13-16,23H,4,8-12,17H2,1-3H3,(H,26,29);5-11,17,22H,3-4,12-16,18H2,1-2H3,(H,26,29);4-10,16,20H,2-3,11-15,17H2,1H3,(H,26,29).